The quantitative estimate of drug-likeness (QED) is 0.131. The van der Waals surface area contributed by atoms with E-state index < -0.39 is 0 Å². The molecule has 4 heteroatoms. The molecule has 0 fully saturated rings. The van der Waals surface area contributed by atoms with Crippen LogP contribution in [-0.2, 0) is 10.8 Å². The van der Waals surface area contributed by atoms with Gasteiger partial charge in [0.2, 0.25) is 0 Å². The number of hydrogen-bond donors (Lipinski definition) is 0. The number of furan rings is 2. The van der Waals surface area contributed by atoms with Crippen molar-refractivity contribution in [2.24, 2.45) is 0 Å². The van der Waals surface area contributed by atoms with Crippen LogP contribution in [0.15, 0.2) is 154 Å². The van der Waals surface area contributed by atoms with Gasteiger partial charge >= 0.3 is 0 Å². The zero-order valence-electron chi connectivity index (χ0n) is 37.9. The molecule has 4 nitrogen and oxygen atoms in total. The van der Waals surface area contributed by atoms with Gasteiger partial charge in [0.05, 0.1) is 33.3 Å². The monoisotopic (exact) mass is 840 g/mol. The number of fused-ring (bicyclic) bond motifs is 8. The first kappa shape index (κ1) is 37.9. The Morgan fingerprint density at radius 3 is 1.49 bits per heavy atom. The Morgan fingerprint density at radius 2 is 0.923 bits per heavy atom. The Labute approximate surface area is 375 Å². The number of hydrogen-bond acceptors (Lipinski definition) is 2. The Hall–Kier alpha value is -7.56. The smallest absolute Gasteiger partial charge is 0.159 e. The Balaban J connectivity index is 1.19. The van der Waals surface area contributed by atoms with Crippen molar-refractivity contribution in [2.75, 3.05) is 0 Å². The second-order valence-corrected chi connectivity index (χ2v) is 20.1. The van der Waals surface area contributed by atoms with Gasteiger partial charge in [-0.25, -0.2) is 0 Å². The van der Waals surface area contributed by atoms with E-state index in [0.29, 0.717) is 0 Å². The van der Waals surface area contributed by atoms with Gasteiger partial charge < -0.3 is 18.0 Å². The van der Waals surface area contributed by atoms with Crippen LogP contribution in [0.1, 0.15) is 59.6 Å². The number of pyridine rings is 2. The number of allylic oxidation sites excluding steroid dienone is 2. The lowest BCUT2D eigenvalue weighted by atomic mass is 9.86. The van der Waals surface area contributed by atoms with Gasteiger partial charge in [0.1, 0.15) is 11.2 Å². The van der Waals surface area contributed by atoms with Gasteiger partial charge in [-0.1, -0.05) is 151 Å². The number of benzene rings is 9. The van der Waals surface area contributed by atoms with Crippen molar-refractivity contribution in [1.29, 1.82) is 0 Å². The molecule has 0 radical (unpaired) electrons. The summed E-state index contributed by atoms with van der Waals surface area (Å²) < 4.78 is 19.0. The van der Waals surface area contributed by atoms with E-state index in [-0.39, 0.29) is 10.8 Å². The summed E-state index contributed by atoms with van der Waals surface area (Å²) in [6.45, 7) is 20.5. The van der Waals surface area contributed by atoms with Crippen molar-refractivity contribution in [3.05, 3.63) is 167 Å². The van der Waals surface area contributed by atoms with Crippen LogP contribution in [-0.4, -0.2) is 9.13 Å². The predicted octanol–water partition coefficient (Wildman–Crippen LogP) is 15.8. The molecule has 4 aromatic heterocycles. The predicted molar refractivity (Wildman–Crippen MR) is 277 cm³/mol. The maximum atomic E-state index is 7.06. The van der Waals surface area contributed by atoms with E-state index in [1.54, 1.807) is 0 Å². The molecule has 0 N–H and O–H groups in total. The van der Waals surface area contributed by atoms with Gasteiger partial charge in [0, 0.05) is 59.6 Å². The molecule has 0 amide bonds. The van der Waals surface area contributed by atoms with Crippen molar-refractivity contribution in [3.63, 3.8) is 0 Å². The highest BCUT2D eigenvalue weighted by Crippen LogP contribution is 2.47. The molecule has 0 saturated carbocycles. The van der Waals surface area contributed by atoms with E-state index in [0.717, 1.165) is 87.8 Å². The van der Waals surface area contributed by atoms with Crippen LogP contribution in [0.3, 0.4) is 0 Å². The highest BCUT2D eigenvalue weighted by molar-refractivity contribution is 6.38. The summed E-state index contributed by atoms with van der Waals surface area (Å²) in [5, 5.41) is 17.4. The summed E-state index contributed by atoms with van der Waals surface area (Å²) in [5.74, 6) is 0. The molecule has 13 rings (SSSR count). The first-order chi connectivity index (χ1) is 31.4. The minimum Gasteiger partial charge on any atom is -0.454 e. The lowest BCUT2D eigenvalue weighted by molar-refractivity contribution is 0.572. The molecule has 9 aromatic carbocycles. The fourth-order valence-corrected chi connectivity index (χ4v) is 11.3. The van der Waals surface area contributed by atoms with E-state index in [9.17, 15) is 0 Å². The highest BCUT2D eigenvalue weighted by atomic mass is 16.3. The van der Waals surface area contributed by atoms with Crippen molar-refractivity contribution in [3.8, 4) is 11.4 Å². The first-order valence-corrected chi connectivity index (χ1v) is 22.8. The van der Waals surface area contributed by atoms with E-state index in [1.807, 2.05) is 0 Å². The average molecular weight is 841 g/mol. The topological polar surface area (TPSA) is 36.1 Å². The molecule has 0 aliphatic carbocycles. The maximum Gasteiger partial charge on any atom is 0.159 e. The van der Waals surface area contributed by atoms with Crippen LogP contribution in [0.4, 0.5) is 0 Å². The lowest BCUT2D eigenvalue weighted by Crippen LogP contribution is -2.34. The first-order valence-electron chi connectivity index (χ1n) is 22.8. The molecule has 13 aromatic rings. The molecular formula is C61H48N2O2. The standard InChI is InChI=1S/C61H48N2O2/c1-9-10-24-46-34(2)42-32-35-28-31-49-55-43(37-17-11-12-25-47(37)63(49)51-27-16-21-41-39-19-14-23-45(61(6,7)8)57(39)65-59(41)51)33-36-29-30-48(54(42)52(36)53(35)55)62(46)50-26-15-20-40-38-18-13-22-44(60(3,4)5)56(38)64-58(40)50/h9-33H,2H2,1,3-8H3/b10-9-,46-24+. The third kappa shape index (κ3) is 5.08. The van der Waals surface area contributed by atoms with Crippen LogP contribution in [0.5, 0.6) is 0 Å². The molecule has 0 saturated heterocycles. The number of para-hydroxylation sites is 5. The fraction of sp³-hybridized carbons (Fsp3) is 0.148. The molecule has 0 spiro atoms. The number of aromatic nitrogens is 2. The van der Waals surface area contributed by atoms with Gasteiger partial charge in [-0.05, 0) is 93.1 Å². The largest absolute Gasteiger partial charge is 0.454 e. The summed E-state index contributed by atoms with van der Waals surface area (Å²) in [5.41, 5.74) is 11.3. The minimum atomic E-state index is -0.0876. The molecule has 314 valence electrons. The SMILES string of the molecule is C=c1/c(=C\C=C/C)n(-c2cccc3c2oc2c(C(C)(C)C)cccc23)c2ccc3cc4c5ccccc5n(-c5cccc6c5oc5c(C(C)(C)C)cccc56)c5ccc6cc1c2c3c6c45. The Morgan fingerprint density at radius 1 is 0.446 bits per heavy atom. The molecule has 0 bridgehead atoms. The fourth-order valence-electron chi connectivity index (χ4n) is 11.3. The van der Waals surface area contributed by atoms with Crippen LogP contribution in [0.2, 0.25) is 0 Å². The zero-order chi connectivity index (χ0) is 44.3. The van der Waals surface area contributed by atoms with E-state index in [4.69, 9.17) is 15.4 Å². The lowest BCUT2D eigenvalue weighted by Gasteiger charge is -2.24. The Bertz CT molecular complexity index is 4340. The van der Waals surface area contributed by atoms with Gasteiger partial charge in [0.15, 0.2) is 11.2 Å². The van der Waals surface area contributed by atoms with E-state index >= 15 is 0 Å². The van der Waals surface area contributed by atoms with Crippen molar-refractivity contribution < 1.29 is 8.83 Å². The Kier molecular flexibility index (Phi) is 7.60. The highest BCUT2D eigenvalue weighted by Gasteiger charge is 2.27. The van der Waals surface area contributed by atoms with Crippen LogP contribution in [0, 0.1) is 0 Å². The summed E-state index contributed by atoms with van der Waals surface area (Å²) in [6.07, 6.45) is 6.40. The zero-order valence-corrected chi connectivity index (χ0v) is 37.9. The summed E-state index contributed by atoms with van der Waals surface area (Å²) >= 11 is 0. The molecule has 0 aliphatic heterocycles. The molecular weight excluding hydrogens is 793 g/mol. The number of nitrogens with zero attached hydrogens (tertiary/aromatic N) is 2. The van der Waals surface area contributed by atoms with Crippen molar-refractivity contribution in [1.82, 2.24) is 9.13 Å². The normalized spacial score (nSPS) is 13.6. The molecule has 0 aliphatic rings. The molecule has 65 heavy (non-hydrogen) atoms. The summed E-state index contributed by atoms with van der Waals surface area (Å²) in [7, 11) is 0. The molecule has 4 heterocycles. The van der Waals surface area contributed by atoms with Crippen molar-refractivity contribution >= 4 is 122 Å². The second-order valence-electron chi connectivity index (χ2n) is 20.1. The van der Waals surface area contributed by atoms with Crippen LogP contribution < -0.4 is 10.6 Å². The van der Waals surface area contributed by atoms with Crippen LogP contribution in [0.25, 0.3) is 133 Å². The second kappa shape index (κ2) is 13.0. The summed E-state index contributed by atoms with van der Waals surface area (Å²) in [4.78, 5) is 0. The van der Waals surface area contributed by atoms with Gasteiger partial charge in [0.25, 0.3) is 0 Å². The molecule has 0 atom stereocenters. The van der Waals surface area contributed by atoms with Crippen LogP contribution >= 0.6 is 0 Å². The minimum absolute atomic E-state index is 0.0783. The average Bonchev–Trinajstić information content (AvgIpc) is 3.88. The third-order valence-corrected chi connectivity index (χ3v) is 14.2. The van der Waals surface area contributed by atoms with E-state index in [1.165, 1.54) is 54.2 Å². The van der Waals surface area contributed by atoms with Crippen molar-refractivity contribution in [2.45, 2.75) is 59.3 Å². The molecule has 0 unspecified atom stereocenters. The van der Waals surface area contributed by atoms with E-state index in [2.05, 4.69) is 209 Å². The van der Waals surface area contributed by atoms with Gasteiger partial charge in [-0.2, -0.15) is 0 Å². The van der Waals surface area contributed by atoms with Gasteiger partial charge in [-0.3, -0.25) is 0 Å². The third-order valence-electron chi connectivity index (χ3n) is 14.2. The summed E-state index contributed by atoms with van der Waals surface area (Å²) in [6, 6.07) is 49.2. The van der Waals surface area contributed by atoms with Gasteiger partial charge in [-0.15, -0.1) is 0 Å². The number of rotatable bonds is 3. The maximum absolute atomic E-state index is 7.06.